The highest BCUT2D eigenvalue weighted by molar-refractivity contribution is 6.13. The van der Waals surface area contributed by atoms with Gasteiger partial charge in [-0.2, -0.15) is 0 Å². The van der Waals surface area contributed by atoms with Crippen molar-refractivity contribution < 1.29 is 9.47 Å². The van der Waals surface area contributed by atoms with E-state index in [0.29, 0.717) is 19.8 Å². The van der Waals surface area contributed by atoms with Gasteiger partial charge in [0.2, 0.25) is 0 Å². The standard InChI is InChI=1S/C16H16N2O2.C6H6.C2H6/c17-7-9-19-13-5-2-4-12-15(13)11-3-1-6-14-16(11)18(12)8-10-20-14;1-2-4-6-5-3-1;1-2/h1-6H,7-10,17H2;1-6H;1-2H3. The second-order valence-corrected chi connectivity index (χ2v) is 6.09. The number of fused-ring (bicyclic) bond motifs is 3. The van der Waals surface area contributed by atoms with Crippen LogP contribution >= 0.6 is 0 Å². The van der Waals surface area contributed by atoms with Crippen molar-refractivity contribution in [2.75, 3.05) is 19.8 Å². The highest BCUT2D eigenvalue weighted by atomic mass is 16.5. The monoisotopic (exact) mass is 376 g/mol. The molecule has 3 aromatic carbocycles. The summed E-state index contributed by atoms with van der Waals surface area (Å²) in [7, 11) is 0. The van der Waals surface area contributed by atoms with Crippen molar-refractivity contribution in [3.05, 3.63) is 72.8 Å². The second-order valence-electron chi connectivity index (χ2n) is 6.09. The molecule has 5 rings (SSSR count). The van der Waals surface area contributed by atoms with Crippen LogP contribution in [0.15, 0.2) is 72.8 Å². The van der Waals surface area contributed by atoms with Crippen molar-refractivity contribution in [2.45, 2.75) is 20.4 Å². The average Bonchev–Trinajstić information content (AvgIpc) is 3.12. The fourth-order valence-electron chi connectivity index (χ4n) is 3.41. The fourth-order valence-corrected chi connectivity index (χ4v) is 3.41. The summed E-state index contributed by atoms with van der Waals surface area (Å²) in [6, 6.07) is 24.4. The summed E-state index contributed by atoms with van der Waals surface area (Å²) < 4.78 is 13.9. The molecule has 0 saturated carbocycles. The molecule has 0 radical (unpaired) electrons. The van der Waals surface area contributed by atoms with E-state index in [1.54, 1.807) is 0 Å². The van der Waals surface area contributed by atoms with Gasteiger partial charge in [0.05, 0.1) is 17.6 Å². The molecular formula is C24H28N2O2. The highest BCUT2D eigenvalue weighted by Crippen LogP contribution is 2.40. The molecule has 0 bridgehead atoms. The Morgan fingerprint density at radius 2 is 1.61 bits per heavy atom. The molecule has 2 N–H and O–H groups in total. The van der Waals surface area contributed by atoms with E-state index in [1.165, 1.54) is 10.9 Å². The molecule has 0 spiro atoms. The van der Waals surface area contributed by atoms with Crippen molar-refractivity contribution in [3.63, 3.8) is 0 Å². The molecule has 0 saturated heterocycles. The largest absolute Gasteiger partial charge is 0.492 e. The van der Waals surface area contributed by atoms with Crippen molar-refractivity contribution in [3.8, 4) is 11.5 Å². The summed E-state index contributed by atoms with van der Waals surface area (Å²) in [5.41, 5.74) is 7.91. The van der Waals surface area contributed by atoms with Gasteiger partial charge in [-0.15, -0.1) is 0 Å². The van der Waals surface area contributed by atoms with Crippen molar-refractivity contribution in [1.29, 1.82) is 0 Å². The summed E-state index contributed by atoms with van der Waals surface area (Å²) in [6.45, 7) is 6.63. The zero-order valence-corrected chi connectivity index (χ0v) is 16.6. The summed E-state index contributed by atoms with van der Waals surface area (Å²) in [5, 5.41) is 2.34. The van der Waals surface area contributed by atoms with Crippen LogP contribution in [-0.4, -0.2) is 24.3 Å². The zero-order chi connectivity index (χ0) is 19.8. The Labute approximate surface area is 166 Å². The maximum Gasteiger partial charge on any atom is 0.143 e. The molecule has 0 unspecified atom stereocenters. The molecule has 28 heavy (non-hydrogen) atoms. The first kappa shape index (κ1) is 19.8. The molecule has 0 atom stereocenters. The van der Waals surface area contributed by atoms with E-state index >= 15 is 0 Å². The van der Waals surface area contributed by atoms with Crippen LogP contribution in [0, 0.1) is 0 Å². The fraction of sp³-hybridized carbons (Fsp3) is 0.250. The van der Waals surface area contributed by atoms with Gasteiger partial charge in [0.15, 0.2) is 0 Å². The van der Waals surface area contributed by atoms with E-state index in [-0.39, 0.29) is 0 Å². The van der Waals surface area contributed by atoms with Crippen LogP contribution in [0.1, 0.15) is 13.8 Å². The van der Waals surface area contributed by atoms with E-state index < -0.39 is 0 Å². The molecule has 1 aliphatic rings. The van der Waals surface area contributed by atoms with E-state index in [1.807, 2.05) is 74.5 Å². The Balaban J connectivity index is 0.000000239. The van der Waals surface area contributed by atoms with Gasteiger partial charge < -0.3 is 19.8 Å². The summed E-state index contributed by atoms with van der Waals surface area (Å²) >= 11 is 0. The van der Waals surface area contributed by atoms with E-state index in [2.05, 4.69) is 16.7 Å². The lowest BCUT2D eigenvalue weighted by molar-refractivity contribution is 0.289. The maximum absolute atomic E-state index is 5.82. The van der Waals surface area contributed by atoms with Gasteiger partial charge in [0.25, 0.3) is 0 Å². The summed E-state index contributed by atoms with van der Waals surface area (Å²) in [5.74, 6) is 1.85. The molecule has 1 aromatic heterocycles. The van der Waals surface area contributed by atoms with Crippen LogP contribution in [0.5, 0.6) is 11.5 Å². The first-order valence-corrected chi connectivity index (χ1v) is 9.90. The smallest absolute Gasteiger partial charge is 0.143 e. The number of aromatic nitrogens is 1. The van der Waals surface area contributed by atoms with Gasteiger partial charge in [-0.05, 0) is 18.2 Å². The normalized spacial score (nSPS) is 11.7. The van der Waals surface area contributed by atoms with Crippen molar-refractivity contribution in [2.24, 2.45) is 5.73 Å². The molecule has 0 aliphatic carbocycles. The lowest BCUT2D eigenvalue weighted by Gasteiger charge is -2.17. The number of hydrogen-bond donors (Lipinski definition) is 1. The quantitative estimate of drug-likeness (QED) is 0.532. The topological polar surface area (TPSA) is 49.4 Å². The molecule has 4 nitrogen and oxygen atoms in total. The molecular weight excluding hydrogens is 348 g/mol. The number of nitrogens with two attached hydrogens (primary N) is 1. The van der Waals surface area contributed by atoms with Gasteiger partial charge >= 0.3 is 0 Å². The number of hydrogen-bond acceptors (Lipinski definition) is 3. The van der Waals surface area contributed by atoms with Crippen molar-refractivity contribution >= 4 is 21.8 Å². The molecule has 1 aliphatic heterocycles. The van der Waals surface area contributed by atoms with Crippen LogP contribution in [0.3, 0.4) is 0 Å². The predicted octanol–water partition coefficient (Wildman–Crippen LogP) is 5.24. The van der Waals surface area contributed by atoms with Crippen LogP contribution in [0.2, 0.25) is 0 Å². The zero-order valence-electron chi connectivity index (χ0n) is 16.6. The Morgan fingerprint density at radius 3 is 2.29 bits per heavy atom. The van der Waals surface area contributed by atoms with Crippen LogP contribution < -0.4 is 15.2 Å². The molecule has 0 amide bonds. The minimum atomic E-state index is 0.517. The summed E-state index contributed by atoms with van der Waals surface area (Å²) in [4.78, 5) is 0. The Kier molecular flexibility index (Phi) is 6.93. The molecule has 2 heterocycles. The lowest BCUT2D eigenvalue weighted by atomic mass is 10.1. The molecule has 4 heteroatoms. The number of nitrogens with zero attached hydrogens (tertiary/aromatic N) is 1. The Hall–Kier alpha value is -2.98. The lowest BCUT2D eigenvalue weighted by Crippen LogP contribution is -2.13. The molecule has 4 aromatic rings. The number of benzene rings is 3. The first-order valence-electron chi connectivity index (χ1n) is 9.90. The second kappa shape index (κ2) is 9.81. The predicted molar refractivity (Wildman–Crippen MR) is 117 cm³/mol. The minimum absolute atomic E-state index is 0.517. The maximum atomic E-state index is 5.82. The van der Waals surface area contributed by atoms with Gasteiger partial charge in [0, 0.05) is 17.3 Å². The van der Waals surface area contributed by atoms with Crippen LogP contribution in [0.25, 0.3) is 21.8 Å². The van der Waals surface area contributed by atoms with Gasteiger partial charge in [0.1, 0.15) is 24.7 Å². The van der Waals surface area contributed by atoms with Crippen molar-refractivity contribution in [1.82, 2.24) is 4.57 Å². The average molecular weight is 377 g/mol. The first-order chi connectivity index (χ1) is 13.9. The van der Waals surface area contributed by atoms with Gasteiger partial charge in [-0.1, -0.05) is 68.4 Å². The van der Waals surface area contributed by atoms with Crippen LogP contribution in [-0.2, 0) is 6.54 Å². The number of rotatable bonds is 3. The third-order valence-electron chi connectivity index (χ3n) is 4.45. The van der Waals surface area contributed by atoms with E-state index in [0.717, 1.165) is 28.9 Å². The third-order valence-corrected chi connectivity index (χ3v) is 4.45. The minimum Gasteiger partial charge on any atom is -0.492 e. The van der Waals surface area contributed by atoms with E-state index in [4.69, 9.17) is 15.2 Å². The summed E-state index contributed by atoms with van der Waals surface area (Å²) in [6.07, 6.45) is 0. The molecule has 0 fully saturated rings. The SMILES string of the molecule is CC.NCCOc1cccc2c1c1cccc3c1n2CCO3.c1ccccc1. The number of para-hydroxylation sites is 1. The van der Waals surface area contributed by atoms with Gasteiger partial charge in [-0.3, -0.25) is 0 Å². The third kappa shape index (κ3) is 3.97. The van der Waals surface area contributed by atoms with Crippen LogP contribution in [0.4, 0.5) is 0 Å². The van der Waals surface area contributed by atoms with E-state index in [9.17, 15) is 0 Å². The number of ether oxygens (including phenoxy) is 2. The Bertz CT molecular complexity index is 983. The molecule has 146 valence electrons. The van der Waals surface area contributed by atoms with Gasteiger partial charge in [-0.25, -0.2) is 0 Å². The highest BCUT2D eigenvalue weighted by Gasteiger charge is 2.20. The Morgan fingerprint density at radius 1 is 0.929 bits per heavy atom.